The van der Waals surface area contributed by atoms with Gasteiger partial charge in [-0.2, -0.15) is 0 Å². The molecule has 0 saturated heterocycles. The van der Waals surface area contributed by atoms with Gasteiger partial charge in [0, 0.05) is 24.9 Å². The molecule has 122 valence electrons. The van der Waals surface area contributed by atoms with Gasteiger partial charge < -0.3 is 29.2 Å². The molecular weight excluding hydrogens is 300 g/mol. The van der Waals surface area contributed by atoms with Crippen LogP contribution in [0.1, 0.15) is 22.6 Å². The number of ether oxygens (including phenoxy) is 2. The molecule has 1 aliphatic heterocycles. The standard InChI is InChI=1S/C17H18O6/c18-6-13-16(10-1-2-21-7-10)12-4-15-14(22-9-23-15)3-11(12)5-17(13,20)8-19/h1-4,7,13,16,18-20H,5-6,8-9H2/t13-,16+,17-/m1/s1. The van der Waals surface area contributed by atoms with E-state index in [0.29, 0.717) is 11.5 Å². The van der Waals surface area contributed by atoms with Crippen LogP contribution in [0, 0.1) is 5.92 Å². The Morgan fingerprint density at radius 3 is 2.61 bits per heavy atom. The third-order valence-corrected chi connectivity index (χ3v) is 4.93. The van der Waals surface area contributed by atoms with Crippen molar-refractivity contribution < 1.29 is 29.2 Å². The summed E-state index contributed by atoms with van der Waals surface area (Å²) >= 11 is 0. The third-order valence-electron chi connectivity index (χ3n) is 4.93. The number of aliphatic hydroxyl groups is 3. The number of fused-ring (bicyclic) bond motifs is 2. The molecule has 1 aromatic heterocycles. The Morgan fingerprint density at radius 1 is 1.17 bits per heavy atom. The summed E-state index contributed by atoms with van der Waals surface area (Å²) in [6.45, 7) is -0.510. The molecule has 0 unspecified atom stereocenters. The Hall–Kier alpha value is -2.02. The maximum atomic E-state index is 10.9. The van der Waals surface area contributed by atoms with Crippen molar-refractivity contribution in [1.29, 1.82) is 0 Å². The zero-order chi connectivity index (χ0) is 16.0. The summed E-state index contributed by atoms with van der Waals surface area (Å²) in [5.74, 6) is 0.452. The van der Waals surface area contributed by atoms with Crippen molar-refractivity contribution in [3.8, 4) is 11.5 Å². The van der Waals surface area contributed by atoms with E-state index in [0.717, 1.165) is 16.7 Å². The minimum absolute atomic E-state index is 0.169. The molecule has 0 saturated carbocycles. The van der Waals surface area contributed by atoms with Crippen LogP contribution in [0.3, 0.4) is 0 Å². The first-order valence-corrected chi connectivity index (χ1v) is 7.55. The molecule has 2 heterocycles. The first-order valence-electron chi connectivity index (χ1n) is 7.55. The highest BCUT2D eigenvalue weighted by Crippen LogP contribution is 2.49. The maximum Gasteiger partial charge on any atom is 0.231 e. The smallest absolute Gasteiger partial charge is 0.231 e. The zero-order valence-electron chi connectivity index (χ0n) is 12.4. The fraction of sp³-hybridized carbons (Fsp3) is 0.412. The van der Waals surface area contributed by atoms with Crippen LogP contribution in [0.25, 0.3) is 0 Å². The number of hydrogen-bond acceptors (Lipinski definition) is 6. The Morgan fingerprint density at radius 2 is 1.96 bits per heavy atom. The predicted octanol–water partition coefficient (Wildman–Crippen LogP) is 1.03. The monoisotopic (exact) mass is 318 g/mol. The van der Waals surface area contributed by atoms with E-state index in [4.69, 9.17) is 13.9 Å². The average Bonchev–Trinajstić information content (AvgIpc) is 3.22. The van der Waals surface area contributed by atoms with Gasteiger partial charge in [0.1, 0.15) is 0 Å². The summed E-state index contributed by atoms with van der Waals surface area (Å²) in [6, 6.07) is 5.55. The van der Waals surface area contributed by atoms with Gasteiger partial charge in [-0.15, -0.1) is 0 Å². The van der Waals surface area contributed by atoms with E-state index in [2.05, 4.69) is 0 Å². The normalized spacial score (nSPS) is 28.7. The third kappa shape index (κ3) is 2.14. The van der Waals surface area contributed by atoms with Crippen LogP contribution in [-0.2, 0) is 6.42 Å². The number of hydrogen-bond donors (Lipinski definition) is 3. The van der Waals surface area contributed by atoms with Gasteiger partial charge in [0.25, 0.3) is 0 Å². The van der Waals surface area contributed by atoms with Crippen molar-refractivity contribution in [1.82, 2.24) is 0 Å². The zero-order valence-corrected chi connectivity index (χ0v) is 12.4. The molecular formula is C17H18O6. The van der Waals surface area contributed by atoms with Crippen LogP contribution in [0.4, 0.5) is 0 Å². The van der Waals surface area contributed by atoms with Gasteiger partial charge in [0.15, 0.2) is 11.5 Å². The summed E-state index contributed by atoms with van der Waals surface area (Å²) in [5.41, 5.74) is 1.27. The molecule has 0 amide bonds. The van der Waals surface area contributed by atoms with Gasteiger partial charge in [0.05, 0.1) is 24.7 Å². The van der Waals surface area contributed by atoms with Crippen LogP contribution >= 0.6 is 0 Å². The lowest BCUT2D eigenvalue weighted by Crippen LogP contribution is -2.51. The molecule has 0 fully saturated rings. The first-order chi connectivity index (χ1) is 11.2. The van der Waals surface area contributed by atoms with Crippen LogP contribution in [-0.4, -0.2) is 40.9 Å². The second kappa shape index (κ2) is 5.26. The largest absolute Gasteiger partial charge is 0.472 e. The summed E-state index contributed by atoms with van der Waals surface area (Å²) in [5, 5.41) is 30.5. The molecule has 0 bridgehead atoms. The Kier molecular flexibility index (Phi) is 3.33. The maximum absolute atomic E-state index is 10.9. The lowest BCUT2D eigenvalue weighted by molar-refractivity contribution is -0.0874. The van der Waals surface area contributed by atoms with E-state index < -0.39 is 18.1 Å². The van der Waals surface area contributed by atoms with E-state index in [9.17, 15) is 15.3 Å². The van der Waals surface area contributed by atoms with Crippen molar-refractivity contribution in [2.75, 3.05) is 20.0 Å². The van der Waals surface area contributed by atoms with E-state index in [1.54, 1.807) is 12.5 Å². The van der Waals surface area contributed by atoms with E-state index in [-0.39, 0.29) is 25.7 Å². The molecule has 0 radical (unpaired) electrons. The highest BCUT2D eigenvalue weighted by atomic mass is 16.7. The number of aliphatic hydroxyl groups excluding tert-OH is 2. The van der Waals surface area contributed by atoms with Crippen LogP contribution < -0.4 is 9.47 Å². The molecule has 23 heavy (non-hydrogen) atoms. The van der Waals surface area contributed by atoms with E-state index >= 15 is 0 Å². The van der Waals surface area contributed by atoms with Gasteiger partial charge >= 0.3 is 0 Å². The van der Waals surface area contributed by atoms with Crippen LogP contribution in [0.5, 0.6) is 11.5 Å². The molecule has 1 aliphatic carbocycles. The fourth-order valence-corrected chi connectivity index (χ4v) is 3.74. The number of benzene rings is 1. The SMILES string of the molecule is OC[C@@H]1[C@@H](c2ccoc2)c2cc3c(cc2C[C@@]1(O)CO)OCO3. The topological polar surface area (TPSA) is 92.3 Å². The van der Waals surface area contributed by atoms with Gasteiger partial charge in [-0.3, -0.25) is 0 Å². The molecule has 3 atom stereocenters. The molecule has 2 aromatic rings. The molecule has 3 N–H and O–H groups in total. The number of rotatable bonds is 3. The number of furan rings is 1. The van der Waals surface area contributed by atoms with E-state index in [1.165, 1.54) is 0 Å². The Balaban J connectivity index is 1.91. The summed E-state index contributed by atoms with van der Waals surface area (Å²) in [7, 11) is 0. The second-order valence-corrected chi connectivity index (χ2v) is 6.17. The molecule has 6 heteroatoms. The highest BCUT2D eigenvalue weighted by Gasteiger charge is 2.47. The van der Waals surface area contributed by atoms with Crippen molar-refractivity contribution in [2.45, 2.75) is 17.9 Å². The molecule has 0 spiro atoms. The minimum Gasteiger partial charge on any atom is -0.472 e. The minimum atomic E-state index is -1.41. The van der Waals surface area contributed by atoms with Crippen LogP contribution in [0.2, 0.25) is 0 Å². The molecule has 6 nitrogen and oxygen atoms in total. The van der Waals surface area contributed by atoms with Crippen LogP contribution in [0.15, 0.2) is 35.1 Å². The van der Waals surface area contributed by atoms with Gasteiger partial charge in [-0.25, -0.2) is 0 Å². The van der Waals surface area contributed by atoms with Gasteiger partial charge in [0.2, 0.25) is 6.79 Å². The quantitative estimate of drug-likeness (QED) is 0.783. The van der Waals surface area contributed by atoms with Crippen molar-refractivity contribution >= 4 is 0 Å². The Labute approximate surface area is 132 Å². The second-order valence-electron chi connectivity index (χ2n) is 6.17. The van der Waals surface area contributed by atoms with Gasteiger partial charge in [-0.05, 0) is 34.9 Å². The lowest BCUT2D eigenvalue weighted by Gasteiger charge is -2.44. The molecule has 4 rings (SSSR count). The highest BCUT2D eigenvalue weighted by molar-refractivity contribution is 5.53. The lowest BCUT2D eigenvalue weighted by atomic mass is 9.65. The summed E-state index contributed by atoms with van der Waals surface area (Å²) in [4.78, 5) is 0. The summed E-state index contributed by atoms with van der Waals surface area (Å²) < 4.78 is 16.1. The molecule has 2 aliphatic rings. The first kappa shape index (κ1) is 14.6. The molecule has 1 aromatic carbocycles. The average molecular weight is 318 g/mol. The van der Waals surface area contributed by atoms with Crippen molar-refractivity contribution in [2.24, 2.45) is 5.92 Å². The van der Waals surface area contributed by atoms with E-state index in [1.807, 2.05) is 18.2 Å². The van der Waals surface area contributed by atoms with Crippen molar-refractivity contribution in [3.05, 3.63) is 47.4 Å². The Bertz CT molecular complexity index is 710. The van der Waals surface area contributed by atoms with Crippen molar-refractivity contribution in [3.63, 3.8) is 0 Å². The van der Waals surface area contributed by atoms with Gasteiger partial charge in [-0.1, -0.05) is 0 Å². The fourth-order valence-electron chi connectivity index (χ4n) is 3.74. The predicted molar refractivity (Wildman–Crippen MR) is 79.4 cm³/mol. The summed E-state index contributed by atoms with van der Waals surface area (Å²) in [6.07, 6.45) is 3.41.